The first-order valence-electron chi connectivity index (χ1n) is 8.26. The van der Waals surface area contributed by atoms with Gasteiger partial charge in [-0.25, -0.2) is 0 Å². The number of hydrogen-bond acceptors (Lipinski definition) is 2. The molecule has 0 N–H and O–H groups in total. The summed E-state index contributed by atoms with van der Waals surface area (Å²) in [5.74, 6) is 0.116. The summed E-state index contributed by atoms with van der Waals surface area (Å²) < 4.78 is 6.30. The molecule has 2 aromatic rings. The van der Waals surface area contributed by atoms with E-state index in [9.17, 15) is 4.79 Å². The third kappa shape index (κ3) is 2.17. The Morgan fingerprint density at radius 3 is 2.35 bits per heavy atom. The van der Waals surface area contributed by atoms with Crippen LogP contribution in [0.5, 0.6) is 0 Å². The number of benzene rings is 2. The molecule has 4 atom stereocenters. The van der Waals surface area contributed by atoms with Crippen LogP contribution in [0.4, 0.5) is 0 Å². The number of carbonyl (C=O) groups is 1. The summed E-state index contributed by atoms with van der Waals surface area (Å²) in [5.41, 5.74) is 1.62. The molecule has 1 saturated heterocycles. The molecule has 0 saturated carbocycles. The zero-order valence-corrected chi connectivity index (χ0v) is 13.2. The van der Waals surface area contributed by atoms with Crippen molar-refractivity contribution in [1.29, 1.82) is 0 Å². The van der Waals surface area contributed by atoms with Gasteiger partial charge in [-0.1, -0.05) is 79.7 Å². The second-order valence-electron chi connectivity index (χ2n) is 6.39. The standard InChI is InChI=1S/C21H20O2/c1-2-21-14-13-17(23-21)18(19(21)15-9-5-3-6-10-15)20(22)16-11-7-4-8-12-16/h3-14,17-19H,2H2,1H3/t17-,18-,19+,21+/m1/s1. The van der Waals surface area contributed by atoms with E-state index in [2.05, 4.69) is 31.2 Å². The van der Waals surface area contributed by atoms with Crippen molar-refractivity contribution in [2.75, 3.05) is 0 Å². The molecule has 2 aliphatic heterocycles. The molecule has 2 heterocycles. The topological polar surface area (TPSA) is 26.3 Å². The molecule has 0 radical (unpaired) electrons. The van der Waals surface area contributed by atoms with Crippen LogP contribution in [0.1, 0.15) is 35.2 Å². The van der Waals surface area contributed by atoms with Gasteiger partial charge in [0.15, 0.2) is 5.78 Å². The van der Waals surface area contributed by atoms with E-state index in [1.54, 1.807) is 0 Å². The van der Waals surface area contributed by atoms with Crippen LogP contribution in [0.2, 0.25) is 0 Å². The summed E-state index contributed by atoms with van der Waals surface area (Å²) in [5, 5.41) is 0. The van der Waals surface area contributed by atoms with Gasteiger partial charge in [-0.2, -0.15) is 0 Å². The van der Waals surface area contributed by atoms with Crippen molar-refractivity contribution in [3.63, 3.8) is 0 Å². The van der Waals surface area contributed by atoms with Gasteiger partial charge in [0.2, 0.25) is 0 Å². The second kappa shape index (κ2) is 5.47. The van der Waals surface area contributed by atoms with Crippen LogP contribution >= 0.6 is 0 Å². The molecule has 2 bridgehead atoms. The molecule has 23 heavy (non-hydrogen) atoms. The van der Waals surface area contributed by atoms with Gasteiger partial charge >= 0.3 is 0 Å². The van der Waals surface area contributed by atoms with Crippen molar-refractivity contribution in [3.05, 3.63) is 83.9 Å². The van der Waals surface area contributed by atoms with E-state index < -0.39 is 0 Å². The average Bonchev–Trinajstić information content (AvgIpc) is 3.19. The quantitative estimate of drug-likeness (QED) is 0.618. The lowest BCUT2D eigenvalue weighted by atomic mass is 9.68. The fourth-order valence-electron chi connectivity index (χ4n) is 4.12. The van der Waals surface area contributed by atoms with E-state index in [0.29, 0.717) is 0 Å². The fraction of sp³-hybridized carbons (Fsp3) is 0.286. The Hall–Kier alpha value is -2.19. The molecule has 0 amide bonds. The molecule has 0 spiro atoms. The Kier molecular flexibility index (Phi) is 3.42. The first kappa shape index (κ1) is 14.4. The molecule has 2 nitrogen and oxygen atoms in total. The van der Waals surface area contributed by atoms with Gasteiger partial charge < -0.3 is 4.74 Å². The van der Waals surface area contributed by atoms with Crippen molar-refractivity contribution in [2.45, 2.75) is 31.0 Å². The van der Waals surface area contributed by atoms with E-state index in [-0.39, 0.29) is 29.3 Å². The van der Waals surface area contributed by atoms with Gasteiger partial charge in [-0.3, -0.25) is 4.79 Å². The van der Waals surface area contributed by atoms with E-state index >= 15 is 0 Å². The lowest BCUT2D eigenvalue weighted by Crippen LogP contribution is -2.36. The van der Waals surface area contributed by atoms with E-state index in [4.69, 9.17) is 4.74 Å². The van der Waals surface area contributed by atoms with Crippen LogP contribution in [0.25, 0.3) is 0 Å². The zero-order chi connectivity index (χ0) is 15.9. The molecule has 2 aromatic carbocycles. The van der Waals surface area contributed by atoms with Gasteiger partial charge in [0.25, 0.3) is 0 Å². The Balaban J connectivity index is 1.79. The number of hydrogen-bond donors (Lipinski definition) is 0. The smallest absolute Gasteiger partial charge is 0.169 e. The van der Waals surface area contributed by atoms with Crippen LogP contribution in [-0.4, -0.2) is 17.5 Å². The minimum Gasteiger partial charge on any atom is -0.362 e. The highest BCUT2D eigenvalue weighted by molar-refractivity contribution is 5.99. The highest BCUT2D eigenvalue weighted by Crippen LogP contribution is 2.54. The predicted molar refractivity (Wildman–Crippen MR) is 90.5 cm³/mol. The fourth-order valence-corrected chi connectivity index (χ4v) is 4.12. The molecule has 0 unspecified atom stereocenters. The summed E-state index contributed by atoms with van der Waals surface area (Å²) in [7, 11) is 0. The zero-order valence-electron chi connectivity index (χ0n) is 13.2. The molecule has 2 aliphatic rings. The Morgan fingerprint density at radius 1 is 1.04 bits per heavy atom. The van der Waals surface area contributed by atoms with E-state index in [1.807, 2.05) is 48.5 Å². The highest BCUT2D eigenvalue weighted by atomic mass is 16.5. The largest absolute Gasteiger partial charge is 0.362 e. The molecule has 0 aromatic heterocycles. The van der Waals surface area contributed by atoms with Crippen molar-refractivity contribution < 1.29 is 9.53 Å². The van der Waals surface area contributed by atoms with Crippen molar-refractivity contribution in [3.8, 4) is 0 Å². The van der Waals surface area contributed by atoms with Gasteiger partial charge in [0, 0.05) is 11.5 Å². The first-order valence-corrected chi connectivity index (χ1v) is 8.26. The Labute approximate surface area is 136 Å². The van der Waals surface area contributed by atoms with Crippen LogP contribution in [0.15, 0.2) is 72.8 Å². The summed E-state index contributed by atoms with van der Waals surface area (Å²) in [6, 6.07) is 19.9. The molecule has 2 heteroatoms. The Bertz CT molecular complexity index is 735. The van der Waals surface area contributed by atoms with E-state index in [0.717, 1.165) is 12.0 Å². The predicted octanol–water partition coefficient (Wildman–Crippen LogP) is 4.39. The van der Waals surface area contributed by atoms with Crippen molar-refractivity contribution in [2.24, 2.45) is 5.92 Å². The van der Waals surface area contributed by atoms with Crippen molar-refractivity contribution in [1.82, 2.24) is 0 Å². The maximum absolute atomic E-state index is 13.2. The molecule has 1 fully saturated rings. The number of ether oxygens (including phenoxy) is 1. The van der Waals surface area contributed by atoms with E-state index in [1.165, 1.54) is 5.56 Å². The summed E-state index contributed by atoms with van der Waals surface area (Å²) in [4.78, 5) is 13.2. The summed E-state index contributed by atoms with van der Waals surface area (Å²) >= 11 is 0. The van der Waals surface area contributed by atoms with Crippen LogP contribution in [0, 0.1) is 5.92 Å². The minimum atomic E-state index is -0.346. The minimum absolute atomic E-state index is 0.0800. The monoisotopic (exact) mass is 304 g/mol. The molecular formula is C21H20O2. The maximum Gasteiger partial charge on any atom is 0.169 e. The summed E-state index contributed by atoms with van der Waals surface area (Å²) in [6.07, 6.45) is 5.00. The van der Waals surface area contributed by atoms with Gasteiger partial charge in [-0.15, -0.1) is 0 Å². The number of fused-ring (bicyclic) bond motifs is 2. The summed E-state index contributed by atoms with van der Waals surface area (Å²) in [6.45, 7) is 2.14. The maximum atomic E-state index is 13.2. The molecule has 116 valence electrons. The molecular weight excluding hydrogens is 284 g/mol. The number of Topliss-reactive ketones (excluding diaryl/α,β-unsaturated/α-hetero) is 1. The third-order valence-electron chi connectivity index (χ3n) is 5.24. The normalized spacial score (nSPS) is 31.4. The molecule has 4 rings (SSSR count). The molecule has 0 aliphatic carbocycles. The van der Waals surface area contributed by atoms with Crippen LogP contribution in [-0.2, 0) is 4.74 Å². The van der Waals surface area contributed by atoms with Crippen LogP contribution in [0.3, 0.4) is 0 Å². The first-order chi connectivity index (χ1) is 11.2. The van der Waals surface area contributed by atoms with Crippen LogP contribution < -0.4 is 0 Å². The van der Waals surface area contributed by atoms with Gasteiger partial charge in [0.1, 0.15) is 0 Å². The Morgan fingerprint density at radius 2 is 1.70 bits per heavy atom. The highest BCUT2D eigenvalue weighted by Gasteiger charge is 2.58. The lowest BCUT2D eigenvalue weighted by molar-refractivity contribution is 0.0200. The van der Waals surface area contributed by atoms with Gasteiger partial charge in [-0.05, 0) is 12.0 Å². The number of carbonyl (C=O) groups excluding carboxylic acids is 1. The SMILES string of the molecule is CC[C@@]12C=C[C@@H](O1)[C@@H](C(=O)c1ccccc1)[C@@H]2c1ccccc1. The number of rotatable bonds is 4. The lowest BCUT2D eigenvalue weighted by Gasteiger charge is -2.33. The average molecular weight is 304 g/mol. The van der Waals surface area contributed by atoms with Gasteiger partial charge in [0.05, 0.1) is 17.6 Å². The second-order valence-corrected chi connectivity index (χ2v) is 6.39. The van der Waals surface area contributed by atoms with Crippen molar-refractivity contribution >= 4 is 5.78 Å². The number of ketones is 1. The third-order valence-corrected chi connectivity index (χ3v) is 5.24.